The molecule has 2 aromatic carbocycles. The van der Waals surface area contributed by atoms with E-state index in [1.54, 1.807) is 12.1 Å². The lowest BCUT2D eigenvalue weighted by molar-refractivity contribution is 0.460. The van der Waals surface area contributed by atoms with Gasteiger partial charge in [-0.2, -0.15) is 0 Å². The quantitative estimate of drug-likeness (QED) is 0.890. The van der Waals surface area contributed by atoms with Gasteiger partial charge in [-0.25, -0.2) is 8.78 Å². The largest absolute Gasteiger partial charge is 0.457 e. The van der Waals surface area contributed by atoms with E-state index in [0.29, 0.717) is 29.6 Å². The second-order valence-electron chi connectivity index (χ2n) is 4.93. The predicted molar refractivity (Wildman–Crippen MR) is 72.7 cm³/mol. The van der Waals surface area contributed by atoms with Crippen LogP contribution in [0.25, 0.3) is 0 Å². The summed E-state index contributed by atoms with van der Waals surface area (Å²) < 4.78 is 32.4. The lowest BCUT2D eigenvalue weighted by Gasteiger charge is -2.12. The Morgan fingerprint density at radius 3 is 2.50 bits per heavy atom. The zero-order valence-corrected chi connectivity index (χ0v) is 10.9. The van der Waals surface area contributed by atoms with Crippen molar-refractivity contribution in [3.8, 4) is 11.5 Å². The van der Waals surface area contributed by atoms with Gasteiger partial charge in [0, 0.05) is 18.2 Å². The van der Waals surface area contributed by atoms with Crippen LogP contribution in [-0.4, -0.2) is 6.04 Å². The Bertz CT molecular complexity index is 594. The highest BCUT2D eigenvalue weighted by atomic mass is 19.1. The molecule has 0 spiro atoms. The molecule has 1 aliphatic rings. The highest BCUT2D eigenvalue weighted by molar-refractivity contribution is 5.38. The molecule has 1 aliphatic carbocycles. The van der Waals surface area contributed by atoms with E-state index < -0.39 is 0 Å². The van der Waals surface area contributed by atoms with Gasteiger partial charge < -0.3 is 10.1 Å². The maximum atomic E-state index is 13.9. The monoisotopic (exact) mass is 275 g/mol. The molecular formula is C16H15F2NO. The minimum atomic E-state index is -0.327. The van der Waals surface area contributed by atoms with Crippen molar-refractivity contribution >= 4 is 0 Å². The fraction of sp³-hybridized carbons (Fsp3) is 0.250. The molecule has 0 saturated heterocycles. The fourth-order valence-corrected chi connectivity index (χ4v) is 1.97. The SMILES string of the molecule is Fc1ccc(Oc2cccc(F)c2CNC2CC2)cc1. The van der Waals surface area contributed by atoms with E-state index in [4.69, 9.17) is 4.74 Å². The average Bonchev–Trinajstić information content (AvgIpc) is 3.25. The molecule has 4 heteroatoms. The van der Waals surface area contributed by atoms with E-state index in [1.807, 2.05) is 0 Å². The summed E-state index contributed by atoms with van der Waals surface area (Å²) in [4.78, 5) is 0. The molecule has 1 saturated carbocycles. The molecule has 20 heavy (non-hydrogen) atoms. The topological polar surface area (TPSA) is 21.3 Å². The van der Waals surface area contributed by atoms with Crippen LogP contribution in [0.3, 0.4) is 0 Å². The highest BCUT2D eigenvalue weighted by Gasteiger charge is 2.21. The van der Waals surface area contributed by atoms with Gasteiger partial charge in [0.05, 0.1) is 0 Å². The van der Waals surface area contributed by atoms with Crippen LogP contribution in [0.2, 0.25) is 0 Å². The van der Waals surface area contributed by atoms with Crippen molar-refractivity contribution in [1.82, 2.24) is 5.32 Å². The van der Waals surface area contributed by atoms with Crippen LogP contribution in [0.4, 0.5) is 8.78 Å². The van der Waals surface area contributed by atoms with Gasteiger partial charge in [0.1, 0.15) is 23.1 Å². The Morgan fingerprint density at radius 2 is 1.80 bits per heavy atom. The van der Waals surface area contributed by atoms with E-state index in [0.717, 1.165) is 12.8 Å². The zero-order valence-electron chi connectivity index (χ0n) is 10.9. The zero-order chi connectivity index (χ0) is 13.9. The Balaban J connectivity index is 1.80. The highest BCUT2D eigenvalue weighted by Crippen LogP contribution is 2.28. The van der Waals surface area contributed by atoms with Crippen LogP contribution in [0.1, 0.15) is 18.4 Å². The Labute approximate surface area is 116 Å². The normalized spacial score (nSPS) is 14.3. The first-order valence-electron chi connectivity index (χ1n) is 6.66. The molecule has 3 rings (SSSR count). The molecule has 0 amide bonds. The first-order valence-corrected chi connectivity index (χ1v) is 6.66. The smallest absolute Gasteiger partial charge is 0.134 e. The molecule has 0 aromatic heterocycles. The van der Waals surface area contributed by atoms with Crippen molar-refractivity contribution in [2.75, 3.05) is 0 Å². The van der Waals surface area contributed by atoms with Crippen molar-refractivity contribution in [1.29, 1.82) is 0 Å². The lowest BCUT2D eigenvalue weighted by atomic mass is 10.2. The minimum absolute atomic E-state index is 0.294. The number of hydrogen-bond donors (Lipinski definition) is 1. The molecule has 0 radical (unpaired) electrons. The van der Waals surface area contributed by atoms with Gasteiger partial charge in [0.25, 0.3) is 0 Å². The first-order chi connectivity index (χ1) is 9.72. The summed E-state index contributed by atoms with van der Waals surface area (Å²) in [7, 11) is 0. The van der Waals surface area contributed by atoms with E-state index in [2.05, 4.69) is 5.32 Å². The van der Waals surface area contributed by atoms with Gasteiger partial charge in [-0.15, -0.1) is 0 Å². The van der Waals surface area contributed by atoms with E-state index >= 15 is 0 Å². The third kappa shape index (κ3) is 3.14. The van der Waals surface area contributed by atoms with Crippen molar-refractivity contribution < 1.29 is 13.5 Å². The average molecular weight is 275 g/mol. The van der Waals surface area contributed by atoms with Crippen molar-refractivity contribution in [3.63, 3.8) is 0 Å². The summed E-state index contributed by atoms with van der Waals surface area (Å²) in [5.74, 6) is 0.333. The van der Waals surface area contributed by atoms with E-state index in [9.17, 15) is 8.78 Å². The lowest BCUT2D eigenvalue weighted by Crippen LogP contribution is -2.16. The third-order valence-electron chi connectivity index (χ3n) is 3.26. The summed E-state index contributed by atoms with van der Waals surface area (Å²) in [5.41, 5.74) is 0.503. The third-order valence-corrected chi connectivity index (χ3v) is 3.26. The molecule has 0 atom stereocenters. The number of benzene rings is 2. The first kappa shape index (κ1) is 13.1. The number of hydrogen-bond acceptors (Lipinski definition) is 2. The van der Waals surface area contributed by atoms with Gasteiger partial charge in [0.15, 0.2) is 0 Å². The molecule has 2 nitrogen and oxygen atoms in total. The molecular weight excluding hydrogens is 260 g/mol. The molecule has 0 bridgehead atoms. The van der Waals surface area contributed by atoms with Crippen LogP contribution in [-0.2, 0) is 6.54 Å². The van der Waals surface area contributed by atoms with Gasteiger partial charge in [-0.05, 0) is 49.2 Å². The second kappa shape index (κ2) is 5.59. The van der Waals surface area contributed by atoms with Crippen molar-refractivity contribution in [2.45, 2.75) is 25.4 Å². The van der Waals surface area contributed by atoms with Gasteiger partial charge in [0.2, 0.25) is 0 Å². The molecule has 0 aliphatic heterocycles. The standard InChI is InChI=1S/C16H15F2NO/c17-11-4-8-13(9-5-11)20-16-3-1-2-15(18)14(16)10-19-12-6-7-12/h1-5,8-9,12,19H,6-7,10H2. The number of rotatable bonds is 5. The molecule has 0 heterocycles. The van der Waals surface area contributed by atoms with E-state index in [-0.39, 0.29) is 11.6 Å². The van der Waals surface area contributed by atoms with Gasteiger partial charge in [-0.1, -0.05) is 6.07 Å². The minimum Gasteiger partial charge on any atom is -0.457 e. The maximum absolute atomic E-state index is 13.9. The summed E-state index contributed by atoms with van der Waals surface area (Å²) in [6, 6.07) is 10.9. The Hall–Kier alpha value is -1.94. The van der Waals surface area contributed by atoms with Crippen LogP contribution in [0.15, 0.2) is 42.5 Å². The fourth-order valence-electron chi connectivity index (χ4n) is 1.97. The molecule has 0 unspecified atom stereocenters. The molecule has 1 fully saturated rings. The molecule has 104 valence electrons. The Kier molecular flexibility index (Phi) is 3.65. The number of nitrogens with one attached hydrogen (secondary N) is 1. The van der Waals surface area contributed by atoms with Gasteiger partial charge in [-0.3, -0.25) is 0 Å². The van der Waals surface area contributed by atoms with Crippen LogP contribution >= 0.6 is 0 Å². The maximum Gasteiger partial charge on any atom is 0.134 e. The Morgan fingerprint density at radius 1 is 1.05 bits per heavy atom. The number of ether oxygens (including phenoxy) is 1. The summed E-state index contributed by atoms with van der Waals surface area (Å²) in [6.45, 7) is 0.438. The molecule has 1 N–H and O–H groups in total. The van der Waals surface area contributed by atoms with E-state index in [1.165, 1.54) is 30.3 Å². The summed E-state index contributed by atoms with van der Waals surface area (Å²) in [6.07, 6.45) is 2.28. The van der Waals surface area contributed by atoms with Crippen molar-refractivity contribution in [3.05, 3.63) is 59.7 Å². The number of halogens is 2. The second-order valence-corrected chi connectivity index (χ2v) is 4.93. The predicted octanol–water partition coefficient (Wildman–Crippen LogP) is 4.01. The van der Waals surface area contributed by atoms with Crippen LogP contribution in [0, 0.1) is 11.6 Å². The van der Waals surface area contributed by atoms with Crippen molar-refractivity contribution in [2.24, 2.45) is 0 Å². The van der Waals surface area contributed by atoms with Gasteiger partial charge >= 0.3 is 0 Å². The van der Waals surface area contributed by atoms with Crippen LogP contribution in [0.5, 0.6) is 11.5 Å². The summed E-state index contributed by atoms with van der Waals surface area (Å²) >= 11 is 0. The van der Waals surface area contributed by atoms with Crippen LogP contribution < -0.4 is 10.1 Å². The molecule has 2 aromatic rings. The summed E-state index contributed by atoms with van der Waals surface area (Å²) in [5, 5.41) is 3.27.